The van der Waals surface area contributed by atoms with Crippen molar-refractivity contribution < 1.29 is 9.29 Å². The lowest BCUT2D eigenvalue weighted by Crippen LogP contribution is -2.12. The number of hydrogen-bond donors (Lipinski definition) is 1. The first-order valence-corrected chi connectivity index (χ1v) is 4.54. The van der Waals surface area contributed by atoms with Gasteiger partial charge in [0.2, 0.25) is 0 Å². The van der Waals surface area contributed by atoms with E-state index in [2.05, 4.69) is 17.7 Å². The van der Waals surface area contributed by atoms with E-state index < -0.39 is 6.10 Å². The summed E-state index contributed by atoms with van der Waals surface area (Å²) in [7, 11) is 0. The summed E-state index contributed by atoms with van der Waals surface area (Å²) in [5.74, 6) is 0. The van der Waals surface area contributed by atoms with Crippen LogP contribution in [-0.2, 0) is 4.18 Å². The van der Waals surface area contributed by atoms with Crippen molar-refractivity contribution in [1.29, 1.82) is 0 Å². The van der Waals surface area contributed by atoms with Crippen LogP contribution in [0, 0.1) is 0 Å². The van der Waals surface area contributed by atoms with E-state index in [0.717, 1.165) is 31.5 Å². The SMILES string of the molecule is C=CCCCC(O)COSN=C. The largest absolute Gasteiger partial charge is 0.391 e. The quantitative estimate of drug-likeness (QED) is 0.209. The van der Waals surface area contributed by atoms with Crippen LogP contribution in [0.5, 0.6) is 0 Å². The van der Waals surface area contributed by atoms with Gasteiger partial charge in [-0.1, -0.05) is 6.08 Å². The summed E-state index contributed by atoms with van der Waals surface area (Å²) in [6, 6.07) is 0. The predicted octanol–water partition coefficient (Wildman–Crippen LogP) is 1.98. The topological polar surface area (TPSA) is 41.8 Å². The molecule has 0 amide bonds. The van der Waals surface area contributed by atoms with Crippen LogP contribution in [0.25, 0.3) is 0 Å². The average molecular weight is 189 g/mol. The normalized spacial score (nSPS) is 12.4. The average Bonchev–Trinajstić information content (AvgIpc) is 2.06. The van der Waals surface area contributed by atoms with Crippen LogP contribution in [0.2, 0.25) is 0 Å². The van der Waals surface area contributed by atoms with Crippen molar-refractivity contribution in [2.24, 2.45) is 4.40 Å². The zero-order chi connectivity index (χ0) is 9.23. The van der Waals surface area contributed by atoms with Crippen LogP contribution in [0.4, 0.5) is 0 Å². The van der Waals surface area contributed by atoms with Crippen LogP contribution < -0.4 is 0 Å². The number of rotatable bonds is 8. The number of aliphatic hydroxyl groups is 1. The first kappa shape index (κ1) is 11.7. The molecule has 0 aromatic rings. The Hall–Kier alpha value is -0.320. The maximum atomic E-state index is 9.27. The number of hydrogen-bond acceptors (Lipinski definition) is 4. The standard InChI is InChI=1S/C8H15NO2S/c1-3-4-5-6-8(10)7-11-12-9-2/h3,8,10H,1-2,4-7H2. The monoisotopic (exact) mass is 189 g/mol. The van der Waals surface area contributed by atoms with Crippen molar-refractivity contribution in [3.05, 3.63) is 12.7 Å². The molecule has 1 unspecified atom stereocenters. The predicted molar refractivity (Wildman–Crippen MR) is 53.1 cm³/mol. The zero-order valence-corrected chi connectivity index (χ0v) is 7.92. The summed E-state index contributed by atoms with van der Waals surface area (Å²) in [5, 5.41) is 9.27. The molecule has 0 saturated carbocycles. The molecule has 3 nitrogen and oxygen atoms in total. The summed E-state index contributed by atoms with van der Waals surface area (Å²) in [6.07, 6.45) is 4.06. The van der Waals surface area contributed by atoms with E-state index in [4.69, 9.17) is 4.18 Å². The van der Waals surface area contributed by atoms with E-state index in [1.165, 1.54) is 0 Å². The van der Waals surface area contributed by atoms with E-state index in [0.29, 0.717) is 6.61 Å². The maximum absolute atomic E-state index is 9.27. The molecule has 0 bridgehead atoms. The molecule has 0 fully saturated rings. The smallest absolute Gasteiger partial charge is 0.135 e. The maximum Gasteiger partial charge on any atom is 0.135 e. The minimum atomic E-state index is -0.404. The Balaban J connectivity index is 3.14. The van der Waals surface area contributed by atoms with E-state index in [1.54, 1.807) is 0 Å². The lowest BCUT2D eigenvalue weighted by Gasteiger charge is -2.07. The Morgan fingerprint density at radius 1 is 1.67 bits per heavy atom. The third-order valence-electron chi connectivity index (χ3n) is 1.31. The second-order valence-electron chi connectivity index (χ2n) is 2.36. The van der Waals surface area contributed by atoms with Gasteiger partial charge in [0.1, 0.15) is 12.2 Å². The highest BCUT2D eigenvalue weighted by Gasteiger charge is 2.02. The lowest BCUT2D eigenvalue weighted by molar-refractivity contribution is 0.109. The number of unbranched alkanes of at least 4 members (excludes halogenated alkanes) is 1. The molecule has 0 spiro atoms. The molecule has 0 aromatic heterocycles. The van der Waals surface area contributed by atoms with Gasteiger partial charge in [-0.05, 0) is 19.3 Å². The molecule has 0 heterocycles. The van der Waals surface area contributed by atoms with Gasteiger partial charge in [-0.2, -0.15) is 0 Å². The van der Waals surface area contributed by atoms with Crippen molar-refractivity contribution in [3.8, 4) is 0 Å². The summed E-state index contributed by atoms with van der Waals surface area (Å²) in [4.78, 5) is 0. The van der Waals surface area contributed by atoms with Crippen LogP contribution >= 0.6 is 12.2 Å². The second-order valence-corrected chi connectivity index (χ2v) is 3.00. The van der Waals surface area contributed by atoms with Crippen LogP contribution in [-0.4, -0.2) is 24.5 Å². The van der Waals surface area contributed by atoms with Gasteiger partial charge in [0.05, 0.1) is 12.7 Å². The van der Waals surface area contributed by atoms with E-state index in [-0.39, 0.29) is 0 Å². The Morgan fingerprint density at radius 2 is 2.42 bits per heavy atom. The summed E-state index contributed by atoms with van der Waals surface area (Å²) in [5.41, 5.74) is 0. The molecule has 0 aliphatic heterocycles. The number of nitrogens with zero attached hydrogens (tertiary/aromatic N) is 1. The molecule has 12 heavy (non-hydrogen) atoms. The molecular weight excluding hydrogens is 174 g/mol. The fourth-order valence-electron chi connectivity index (χ4n) is 0.727. The van der Waals surface area contributed by atoms with Crippen molar-refractivity contribution in [1.82, 2.24) is 0 Å². The summed E-state index contributed by atoms with van der Waals surface area (Å²) in [6.45, 7) is 7.13. The van der Waals surface area contributed by atoms with E-state index in [1.807, 2.05) is 6.08 Å². The zero-order valence-electron chi connectivity index (χ0n) is 7.11. The molecule has 0 aliphatic carbocycles. The Labute approximate surface area is 77.9 Å². The van der Waals surface area contributed by atoms with E-state index in [9.17, 15) is 5.11 Å². The Kier molecular flexibility index (Phi) is 8.54. The van der Waals surface area contributed by atoms with Crippen molar-refractivity contribution in [3.63, 3.8) is 0 Å². The molecule has 0 saturated heterocycles. The summed E-state index contributed by atoms with van der Waals surface area (Å²) >= 11 is 0.909. The number of aliphatic hydroxyl groups excluding tert-OH is 1. The minimum absolute atomic E-state index is 0.306. The van der Waals surface area contributed by atoms with Gasteiger partial charge < -0.3 is 5.11 Å². The first-order chi connectivity index (χ1) is 5.81. The first-order valence-electron chi connectivity index (χ1n) is 3.85. The van der Waals surface area contributed by atoms with Crippen LogP contribution in [0.3, 0.4) is 0 Å². The van der Waals surface area contributed by atoms with Crippen molar-refractivity contribution in [2.45, 2.75) is 25.4 Å². The van der Waals surface area contributed by atoms with Gasteiger partial charge in [-0.3, -0.25) is 4.18 Å². The molecular formula is C8H15NO2S. The summed E-state index contributed by atoms with van der Waals surface area (Å²) < 4.78 is 8.31. The number of allylic oxidation sites excluding steroid dienone is 1. The van der Waals surface area contributed by atoms with Gasteiger partial charge in [-0.25, -0.2) is 4.40 Å². The Morgan fingerprint density at radius 3 is 3.00 bits per heavy atom. The van der Waals surface area contributed by atoms with Gasteiger partial charge in [0.15, 0.2) is 0 Å². The van der Waals surface area contributed by atoms with Gasteiger partial charge >= 0.3 is 0 Å². The van der Waals surface area contributed by atoms with Gasteiger partial charge in [0, 0.05) is 6.72 Å². The molecule has 1 atom stereocenters. The molecule has 1 N–H and O–H groups in total. The molecule has 0 aliphatic rings. The Bertz CT molecular complexity index is 116. The minimum Gasteiger partial charge on any atom is -0.391 e. The lowest BCUT2D eigenvalue weighted by atomic mass is 10.2. The third-order valence-corrected chi connectivity index (χ3v) is 1.66. The molecule has 70 valence electrons. The molecule has 0 rings (SSSR count). The fraction of sp³-hybridized carbons (Fsp3) is 0.625. The highest BCUT2D eigenvalue weighted by Crippen LogP contribution is 2.07. The van der Waals surface area contributed by atoms with Crippen molar-refractivity contribution >= 4 is 18.9 Å². The highest BCUT2D eigenvalue weighted by atomic mass is 32.2. The van der Waals surface area contributed by atoms with Crippen molar-refractivity contribution in [2.75, 3.05) is 6.61 Å². The van der Waals surface area contributed by atoms with Gasteiger partial charge in [-0.15, -0.1) is 6.58 Å². The second kappa shape index (κ2) is 8.77. The molecule has 0 aromatic carbocycles. The third kappa shape index (κ3) is 7.78. The van der Waals surface area contributed by atoms with Crippen LogP contribution in [0.1, 0.15) is 19.3 Å². The van der Waals surface area contributed by atoms with Crippen LogP contribution in [0.15, 0.2) is 17.1 Å². The highest BCUT2D eigenvalue weighted by molar-refractivity contribution is 7.93. The van der Waals surface area contributed by atoms with E-state index >= 15 is 0 Å². The fourth-order valence-corrected chi connectivity index (χ4v) is 1.02. The molecule has 4 heteroatoms. The molecule has 0 radical (unpaired) electrons. The van der Waals surface area contributed by atoms with Gasteiger partial charge in [0.25, 0.3) is 0 Å².